The summed E-state index contributed by atoms with van der Waals surface area (Å²) in [6, 6.07) is 14.4. The summed E-state index contributed by atoms with van der Waals surface area (Å²) in [5.74, 6) is 0.424. The summed E-state index contributed by atoms with van der Waals surface area (Å²) in [7, 11) is 0. The van der Waals surface area contributed by atoms with E-state index in [9.17, 15) is 13.2 Å². The zero-order valence-corrected chi connectivity index (χ0v) is 18.9. The molecule has 0 bridgehead atoms. The van der Waals surface area contributed by atoms with Crippen molar-refractivity contribution in [1.29, 1.82) is 0 Å². The second-order valence-corrected chi connectivity index (χ2v) is 7.73. The quantitative estimate of drug-likeness (QED) is 0.291. The average Bonchev–Trinajstić information content (AvgIpc) is 2.79. The second kappa shape index (κ2) is 11.5. The number of nitrogens with zero attached hydrogens (tertiary/aromatic N) is 2. The van der Waals surface area contributed by atoms with Gasteiger partial charge in [-0.05, 0) is 54.8 Å². The number of rotatable bonds is 11. The van der Waals surface area contributed by atoms with Gasteiger partial charge in [0.15, 0.2) is 0 Å². The van der Waals surface area contributed by atoms with Crippen LogP contribution < -0.4 is 15.4 Å². The van der Waals surface area contributed by atoms with Gasteiger partial charge in [-0.2, -0.15) is 18.2 Å². The number of ether oxygens (including phenoxy) is 1. The molecule has 0 saturated carbocycles. The molecule has 0 saturated heterocycles. The first-order chi connectivity index (χ1) is 15.9. The zero-order valence-electron chi connectivity index (χ0n) is 18.9. The number of benzene rings is 2. The number of anilines is 4. The van der Waals surface area contributed by atoms with E-state index in [2.05, 4.69) is 34.4 Å². The van der Waals surface area contributed by atoms with Crippen LogP contribution >= 0.6 is 0 Å². The summed E-state index contributed by atoms with van der Waals surface area (Å²) in [5, 5.41) is 5.74. The lowest BCUT2D eigenvalue weighted by molar-refractivity contribution is -0.137. The fourth-order valence-corrected chi connectivity index (χ4v) is 3.23. The van der Waals surface area contributed by atoms with Crippen molar-refractivity contribution in [3.05, 3.63) is 65.9 Å². The molecule has 5 nitrogen and oxygen atoms in total. The van der Waals surface area contributed by atoms with Gasteiger partial charge in [0.25, 0.3) is 0 Å². The SMILES string of the molecule is CCCCCOc1ccc(Nc2nc(Nc3ccc(CCC)cc3)ncc2C(F)(F)F)cc1. The van der Waals surface area contributed by atoms with Gasteiger partial charge in [-0.3, -0.25) is 0 Å². The van der Waals surface area contributed by atoms with Crippen molar-refractivity contribution in [2.75, 3.05) is 17.2 Å². The van der Waals surface area contributed by atoms with E-state index in [1.54, 1.807) is 24.3 Å². The summed E-state index contributed by atoms with van der Waals surface area (Å²) < 4.78 is 46.3. The number of alkyl halides is 3. The van der Waals surface area contributed by atoms with Crippen molar-refractivity contribution in [3.8, 4) is 5.75 Å². The molecule has 0 amide bonds. The van der Waals surface area contributed by atoms with Gasteiger partial charge in [-0.1, -0.05) is 45.2 Å². The highest BCUT2D eigenvalue weighted by molar-refractivity contribution is 5.63. The van der Waals surface area contributed by atoms with Crippen LogP contribution in [-0.4, -0.2) is 16.6 Å². The largest absolute Gasteiger partial charge is 0.494 e. The number of hydrogen-bond donors (Lipinski definition) is 2. The van der Waals surface area contributed by atoms with E-state index in [-0.39, 0.29) is 11.8 Å². The van der Waals surface area contributed by atoms with Gasteiger partial charge in [-0.15, -0.1) is 0 Å². The van der Waals surface area contributed by atoms with Gasteiger partial charge in [-0.25, -0.2) is 4.98 Å². The minimum absolute atomic E-state index is 0.0737. The summed E-state index contributed by atoms with van der Waals surface area (Å²) in [5.41, 5.74) is 1.42. The van der Waals surface area contributed by atoms with Crippen LogP contribution in [0.15, 0.2) is 54.7 Å². The monoisotopic (exact) mass is 458 g/mol. The predicted molar refractivity (Wildman–Crippen MR) is 125 cm³/mol. The molecular formula is C25H29F3N4O. The zero-order chi connectivity index (χ0) is 23.7. The molecule has 0 aliphatic heterocycles. The molecule has 0 fully saturated rings. The number of aromatic nitrogens is 2. The smallest absolute Gasteiger partial charge is 0.421 e. The Balaban J connectivity index is 1.75. The van der Waals surface area contributed by atoms with E-state index in [1.165, 1.54) is 5.56 Å². The average molecular weight is 459 g/mol. The first-order valence-electron chi connectivity index (χ1n) is 11.2. The van der Waals surface area contributed by atoms with E-state index in [0.29, 0.717) is 23.7 Å². The molecule has 33 heavy (non-hydrogen) atoms. The van der Waals surface area contributed by atoms with Crippen molar-refractivity contribution in [2.24, 2.45) is 0 Å². The van der Waals surface area contributed by atoms with Crippen molar-refractivity contribution in [3.63, 3.8) is 0 Å². The Morgan fingerprint density at radius 1 is 0.848 bits per heavy atom. The van der Waals surface area contributed by atoms with Crippen LogP contribution in [0.2, 0.25) is 0 Å². The van der Waals surface area contributed by atoms with E-state index in [1.807, 2.05) is 24.3 Å². The summed E-state index contributed by atoms with van der Waals surface area (Å²) in [4.78, 5) is 7.96. The number of aryl methyl sites for hydroxylation is 1. The Morgan fingerprint density at radius 3 is 2.15 bits per heavy atom. The highest BCUT2D eigenvalue weighted by Crippen LogP contribution is 2.35. The molecule has 2 N–H and O–H groups in total. The molecule has 176 valence electrons. The van der Waals surface area contributed by atoms with Crippen LogP contribution in [0.4, 0.5) is 36.3 Å². The topological polar surface area (TPSA) is 59.1 Å². The third-order valence-corrected chi connectivity index (χ3v) is 4.98. The molecule has 0 spiro atoms. The third-order valence-electron chi connectivity index (χ3n) is 4.98. The molecule has 1 heterocycles. The first-order valence-corrected chi connectivity index (χ1v) is 11.2. The van der Waals surface area contributed by atoms with Crippen LogP contribution in [0, 0.1) is 0 Å². The van der Waals surface area contributed by atoms with Crippen molar-refractivity contribution in [2.45, 2.75) is 52.1 Å². The minimum atomic E-state index is -4.59. The number of unbranched alkanes of at least 4 members (excludes halogenated alkanes) is 2. The number of halogens is 3. The summed E-state index contributed by atoms with van der Waals surface area (Å²) in [6.45, 7) is 4.83. The molecule has 0 unspecified atom stereocenters. The Morgan fingerprint density at radius 2 is 1.52 bits per heavy atom. The second-order valence-electron chi connectivity index (χ2n) is 7.73. The van der Waals surface area contributed by atoms with Crippen LogP contribution in [0.3, 0.4) is 0 Å². The van der Waals surface area contributed by atoms with Crippen LogP contribution in [0.1, 0.15) is 50.7 Å². The summed E-state index contributed by atoms with van der Waals surface area (Å²) >= 11 is 0. The highest BCUT2D eigenvalue weighted by Gasteiger charge is 2.35. The molecule has 0 radical (unpaired) electrons. The van der Waals surface area contributed by atoms with E-state index >= 15 is 0 Å². The van der Waals surface area contributed by atoms with Crippen molar-refractivity contribution < 1.29 is 17.9 Å². The normalized spacial score (nSPS) is 11.3. The van der Waals surface area contributed by atoms with E-state index in [4.69, 9.17) is 4.74 Å². The third kappa shape index (κ3) is 7.37. The molecule has 8 heteroatoms. The van der Waals surface area contributed by atoms with Gasteiger partial charge >= 0.3 is 6.18 Å². The minimum Gasteiger partial charge on any atom is -0.494 e. The number of nitrogens with one attached hydrogen (secondary N) is 2. The number of hydrogen-bond acceptors (Lipinski definition) is 5. The maximum atomic E-state index is 13.5. The highest BCUT2D eigenvalue weighted by atomic mass is 19.4. The molecule has 2 aromatic carbocycles. The fraction of sp³-hybridized carbons (Fsp3) is 0.360. The Labute approximate surface area is 192 Å². The van der Waals surface area contributed by atoms with Crippen LogP contribution in [-0.2, 0) is 12.6 Å². The van der Waals surface area contributed by atoms with Crippen LogP contribution in [0.25, 0.3) is 0 Å². The van der Waals surface area contributed by atoms with E-state index < -0.39 is 11.7 Å². The Bertz CT molecular complexity index is 1010. The maximum absolute atomic E-state index is 13.5. The van der Waals surface area contributed by atoms with Gasteiger partial charge in [0, 0.05) is 17.6 Å². The Hall–Kier alpha value is -3.29. The Kier molecular flexibility index (Phi) is 8.52. The standard InChI is InChI=1S/C25H29F3N4O/c1-3-5-6-16-33-21-14-12-19(13-15-21)30-23-22(25(26,27)28)17-29-24(32-23)31-20-10-8-18(7-4-2)9-11-20/h8-15,17H,3-7,16H2,1-2H3,(H2,29,30,31,32). The van der Waals surface area contributed by atoms with Gasteiger partial charge in [0.1, 0.15) is 17.1 Å². The summed E-state index contributed by atoms with van der Waals surface area (Å²) in [6.07, 6.45) is 1.35. The molecule has 3 aromatic rings. The molecule has 0 aliphatic rings. The molecular weight excluding hydrogens is 429 g/mol. The van der Waals surface area contributed by atoms with Crippen molar-refractivity contribution in [1.82, 2.24) is 9.97 Å². The van der Waals surface area contributed by atoms with E-state index in [0.717, 1.165) is 38.3 Å². The predicted octanol–water partition coefficient (Wildman–Crippen LogP) is 7.50. The van der Waals surface area contributed by atoms with Crippen LogP contribution in [0.5, 0.6) is 5.75 Å². The molecule has 0 atom stereocenters. The lowest BCUT2D eigenvalue weighted by Crippen LogP contribution is -2.12. The maximum Gasteiger partial charge on any atom is 0.421 e. The molecule has 0 aliphatic carbocycles. The van der Waals surface area contributed by atoms with Crippen molar-refractivity contribution >= 4 is 23.1 Å². The lowest BCUT2D eigenvalue weighted by atomic mass is 10.1. The first kappa shape index (κ1) is 24.4. The van der Waals surface area contributed by atoms with Gasteiger partial charge in [0.2, 0.25) is 5.95 Å². The molecule has 3 rings (SSSR count). The fourth-order valence-electron chi connectivity index (χ4n) is 3.23. The van der Waals surface area contributed by atoms with Gasteiger partial charge in [0.05, 0.1) is 6.61 Å². The molecule has 1 aromatic heterocycles. The lowest BCUT2D eigenvalue weighted by Gasteiger charge is -2.15. The van der Waals surface area contributed by atoms with Gasteiger partial charge < -0.3 is 15.4 Å².